The predicted molar refractivity (Wildman–Crippen MR) is 117 cm³/mol. The van der Waals surface area contributed by atoms with Crippen molar-refractivity contribution in [3.05, 3.63) is 59.7 Å². The van der Waals surface area contributed by atoms with Gasteiger partial charge in [-0.2, -0.15) is 0 Å². The number of ether oxygens (including phenoxy) is 1. The zero-order chi connectivity index (χ0) is 22.4. The summed E-state index contributed by atoms with van der Waals surface area (Å²) in [5.41, 5.74) is 4.57. The molecular formula is C24H28N2O5. The number of aliphatic carboxylic acids is 1. The van der Waals surface area contributed by atoms with Crippen molar-refractivity contribution in [2.45, 2.75) is 26.2 Å². The fraction of sp³-hybridized carbons (Fsp3) is 0.375. The van der Waals surface area contributed by atoms with Crippen LogP contribution in [0.3, 0.4) is 0 Å². The minimum atomic E-state index is -1.06. The van der Waals surface area contributed by atoms with Gasteiger partial charge in [-0.15, -0.1) is 0 Å². The molecule has 0 radical (unpaired) electrons. The number of alkyl carbamates (subject to hydrolysis) is 1. The number of carbonyl (C=O) groups is 3. The first-order valence-corrected chi connectivity index (χ1v) is 10.6. The number of likely N-dealkylation sites (N-methyl/N-ethyl adjacent to an activating group) is 1. The highest BCUT2D eigenvalue weighted by atomic mass is 16.5. The van der Waals surface area contributed by atoms with Gasteiger partial charge >= 0.3 is 12.1 Å². The summed E-state index contributed by atoms with van der Waals surface area (Å²) in [5.74, 6) is -1.88. The van der Waals surface area contributed by atoms with Gasteiger partial charge in [0.1, 0.15) is 13.2 Å². The fourth-order valence-electron chi connectivity index (χ4n) is 4.03. The minimum Gasteiger partial charge on any atom is -0.480 e. The Bertz CT molecular complexity index is 913. The summed E-state index contributed by atoms with van der Waals surface area (Å²) in [7, 11) is 0. The highest BCUT2D eigenvalue weighted by Gasteiger charge is 2.29. The summed E-state index contributed by atoms with van der Waals surface area (Å²) >= 11 is 0. The van der Waals surface area contributed by atoms with Crippen LogP contribution in [0.2, 0.25) is 0 Å². The van der Waals surface area contributed by atoms with Crippen molar-refractivity contribution in [1.82, 2.24) is 10.2 Å². The molecule has 0 aromatic heterocycles. The zero-order valence-corrected chi connectivity index (χ0v) is 17.8. The van der Waals surface area contributed by atoms with Gasteiger partial charge in [0.15, 0.2) is 0 Å². The van der Waals surface area contributed by atoms with Gasteiger partial charge in [-0.1, -0.05) is 55.5 Å². The van der Waals surface area contributed by atoms with Crippen molar-refractivity contribution in [2.24, 2.45) is 5.92 Å². The van der Waals surface area contributed by atoms with Crippen molar-refractivity contribution in [3.63, 3.8) is 0 Å². The van der Waals surface area contributed by atoms with E-state index in [1.54, 1.807) is 6.92 Å². The maximum Gasteiger partial charge on any atom is 0.407 e. The van der Waals surface area contributed by atoms with E-state index >= 15 is 0 Å². The molecular weight excluding hydrogens is 396 g/mol. The van der Waals surface area contributed by atoms with Crippen LogP contribution in [-0.4, -0.2) is 54.2 Å². The van der Waals surface area contributed by atoms with Crippen LogP contribution in [0.4, 0.5) is 4.79 Å². The molecule has 2 aromatic carbocycles. The van der Waals surface area contributed by atoms with Crippen molar-refractivity contribution in [3.8, 4) is 11.1 Å². The number of fused-ring (bicyclic) bond motifs is 3. The van der Waals surface area contributed by atoms with Gasteiger partial charge < -0.3 is 20.1 Å². The number of hydrogen-bond donors (Lipinski definition) is 2. The van der Waals surface area contributed by atoms with Crippen LogP contribution in [0.25, 0.3) is 11.1 Å². The molecule has 1 atom stereocenters. The number of nitrogens with zero attached hydrogens (tertiary/aromatic N) is 1. The van der Waals surface area contributed by atoms with E-state index in [0.717, 1.165) is 22.3 Å². The molecule has 0 spiro atoms. The highest BCUT2D eigenvalue weighted by molar-refractivity contribution is 5.83. The average Bonchev–Trinajstić information content (AvgIpc) is 3.10. The van der Waals surface area contributed by atoms with Crippen LogP contribution in [0.5, 0.6) is 0 Å². The maximum atomic E-state index is 12.6. The second kappa shape index (κ2) is 10.1. The lowest BCUT2D eigenvalue weighted by Crippen LogP contribution is -2.43. The second-order valence-corrected chi connectivity index (χ2v) is 7.56. The third-order valence-corrected chi connectivity index (χ3v) is 5.70. The molecule has 0 bridgehead atoms. The Morgan fingerprint density at radius 1 is 1.03 bits per heavy atom. The molecule has 7 nitrogen and oxygen atoms in total. The van der Waals surface area contributed by atoms with E-state index in [1.807, 2.05) is 31.2 Å². The molecule has 2 aromatic rings. The third kappa shape index (κ3) is 5.05. The smallest absolute Gasteiger partial charge is 0.407 e. The number of benzene rings is 2. The molecule has 1 aliphatic rings. The standard InChI is InChI=1S/C24H28N2O5/c1-3-16(23(29)26(4-2)14-22(27)28)13-25-24(30)31-15-21-19-11-7-5-9-17(19)18-10-6-8-12-20(18)21/h5-12,16,21H,3-4,13-15H2,1-2H3,(H,25,30)(H,27,28). The molecule has 31 heavy (non-hydrogen) atoms. The van der Waals surface area contributed by atoms with Gasteiger partial charge in [-0.25, -0.2) is 4.79 Å². The van der Waals surface area contributed by atoms with Crippen molar-refractivity contribution >= 4 is 18.0 Å². The second-order valence-electron chi connectivity index (χ2n) is 7.56. The van der Waals surface area contributed by atoms with Gasteiger partial charge in [-0.3, -0.25) is 9.59 Å². The summed E-state index contributed by atoms with van der Waals surface area (Å²) in [6.45, 7) is 3.80. The van der Waals surface area contributed by atoms with Gasteiger partial charge in [0.25, 0.3) is 0 Å². The van der Waals surface area contributed by atoms with Crippen molar-refractivity contribution in [1.29, 1.82) is 0 Å². The van der Waals surface area contributed by atoms with Gasteiger partial charge in [-0.05, 0) is 35.6 Å². The quantitative estimate of drug-likeness (QED) is 0.642. The molecule has 2 amide bonds. The van der Waals surface area contributed by atoms with Crippen LogP contribution in [0.15, 0.2) is 48.5 Å². The Labute approximate surface area is 182 Å². The number of hydrogen-bond acceptors (Lipinski definition) is 4. The van der Waals surface area contributed by atoms with E-state index in [1.165, 1.54) is 4.90 Å². The first kappa shape index (κ1) is 22.3. The maximum absolute atomic E-state index is 12.6. The Kier molecular flexibility index (Phi) is 7.28. The molecule has 0 aliphatic heterocycles. The summed E-state index contributed by atoms with van der Waals surface area (Å²) in [6.07, 6.45) is -0.104. The molecule has 0 fully saturated rings. The van der Waals surface area contributed by atoms with Gasteiger partial charge in [0.2, 0.25) is 5.91 Å². The molecule has 7 heteroatoms. The van der Waals surface area contributed by atoms with E-state index in [2.05, 4.69) is 29.6 Å². The van der Waals surface area contributed by atoms with Gasteiger partial charge in [0, 0.05) is 19.0 Å². The average molecular weight is 424 g/mol. The molecule has 1 unspecified atom stereocenters. The molecule has 1 aliphatic carbocycles. The van der Waals surface area contributed by atoms with Crippen molar-refractivity contribution < 1.29 is 24.2 Å². The van der Waals surface area contributed by atoms with Gasteiger partial charge in [0.05, 0.1) is 5.92 Å². The first-order valence-electron chi connectivity index (χ1n) is 10.6. The van der Waals surface area contributed by atoms with Crippen LogP contribution < -0.4 is 5.32 Å². The number of rotatable bonds is 9. The summed E-state index contributed by atoms with van der Waals surface area (Å²) in [4.78, 5) is 37.1. The number of nitrogens with one attached hydrogen (secondary N) is 1. The SMILES string of the molecule is CCC(CNC(=O)OCC1c2ccccc2-c2ccccc21)C(=O)N(CC)CC(=O)O. The highest BCUT2D eigenvalue weighted by Crippen LogP contribution is 2.44. The Balaban J connectivity index is 1.58. The largest absolute Gasteiger partial charge is 0.480 e. The third-order valence-electron chi connectivity index (χ3n) is 5.70. The summed E-state index contributed by atoms with van der Waals surface area (Å²) in [6, 6.07) is 16.2. The topological polar surface area (TPSA) is 95.9 Å². The van der Waals surface area contributed by atoms with Crippen LogP contribution >= 0.6 is 0 Å². The zero-order valence-electron chi connectivity index (χ0n) is 17.8. The Hall–Kier alpha value is -3.35. The lowest BCUT2D eigenvalue weighted by molar-refractivity contribution is -0.146. The fourth-order valence-corrected chi connectivity index (χ4v) is 4.03. The monoisotopic (exact) mass is 424 g/mol. The van der Waals surface area contributed by atoms with Crippen LogP contribution in [0, 0.1) is 5.92 Å². The van der Waals surface area contributed by atoms with Crippen molar-refractivity contribution in [2.75, 3.05) is 26.2 Å². The Morgan fingerprint density at radius 2 is 1.61 bits per heavy atom. The predicted octanol–water partition coefficient (Wildman–Crippen LogP) is 3.48. The van der Waals surface area contributed by atoms with Crippen LogP contribution in [0.1, 0.15) is 37.3 Å². The lowest BCUT2D eigenvalue weighted by atomic mass is 9.98. The molecule has 3 rings (SSSR count). The summed E-state index contributed by atoms with van der Waals surface area (Å²) in [5, 5.41) is 11.6. The molecule has 164 valence electrons. The molecule has 0 saturated carbocycles. The molecule has 0 heterocycles. The molecule has 2 N–H and O–H groups in total. The number of carboxylic acids is 1. The first-order chi connectivity index (χ1) is 15.0. The van der Waals surface area contributed by atoms with E-state index < -0.39 is 18.0 Å². The van der Waals surface area contributed by atoms with E-state index in [9.17, 15) is 14.4 Å². The lowest BCUT2D eigenvalue weighted by Gasteiger charge is -2.24. The Morgan fingerprint density at radius 3 is 2.13 bits per heavy atom. The van der Waals surface area contributed by atoms with E-state index in [4.69, 9.17) is 9.84 Å². The minimum absolute atomic E-state index is 0.0343. The van der Waals surface area contributed by atoms with E-state index in [0.29, 0.717) is 13.0 Å². The number of carboxylic acid groups (broad SMARTS) is 1. The molecule has 0 saturated heterocycles. The number of amides is 2. The normalized spacial score (nSPS) is 13.1. The number of carbonyl (C=O) groups excluding carboxylic acids is 2. The van der Waals surface area contributed by atoms with E-state index in [-0.39, 0.29) is 31.5 Å². The van der Waals surface area contributed by atoms with Crippen LogP contribution in [-0.2, 0) is 14.3 Å². The summed E-state index contributed by atoms with van der Waals surface area (Å²) < 4.78 is 5.50.